The lowest BCUT2D eigenvalue weighted by molar-refractivity contribution is 0.414. The molecule has 1 N–H and O–H groups in total. The van der Waals surface area contributed by atoms with E-state index < -0.39 is 0 Å². The quantitative estimate of drug-likeness (QED) is 0.441. The maximum Gasteiger partial charge on any atom is 0.149 e. The number of allylic oxidation sites excluding steroid dienone is 3. The Bertz CT molecular complexity index is 1370. The number of hydrogen-bond acceptors (Lipinski definition) is 4. The van der Waals surface area contributed by atoms with Gasteiger partial charge in [0, 0.05) is 16.7 Å². The van der Waals surface area contributed by atoms with Gasteiger partial charge in [0.2, 0.25) is 0 Å². The van der Waals surface area contributed by atoms with Gasteiger partial charge in [-0.2, -0.15) is 5.26 Å². The number of ether oxygens (including phenoxy) is 2. The molecule has 0 saturated carbocycles. The molecule has 3 aromatic carbocycles. The minimum absolute atomic E-state index is 0.470. The number of nitriles is 1. The van der Waals surface area contributed by atoms with Crippen molar-refractivity contribution in [2.24, 2.45) is 0 Å². The maximum absolute atomic E-state index is 10.1. The van der Waals surface area contributed by atoms with Crippen LogP contribution in [0.1, 0.15) is 22.5 Å². The summed E-state index contributed by atoms with van der Waals surface area (Å²) in [6, 6.07) is 23.7. The summed E-state index contributed by atoms with van der Waals surface area (Å²) in [5, 5.41) is 10.1. The molecule has 0 atom stereocenters. The van der Waals surface area contributed by atoms with E-state index >= 15 is 0 Å². The fraction of sp³-hybridized carbons (Fsp3) is 0.0769. The zero-order valence-electron chi connectivity index (χ0n) is 17.1. The summed E-state index contributed by atoms with van der Waals surface area (Å²) in [5.74, 6) is 2.68. The lowest BCUT2D eigenvalue weighted by Gasteiger charge is -2.22. The molecule has 150 valence electrons. The molecular weight excluding hydrogens is 386 g/mol. The predicted octanol–water partition coefficient (Wildman–Crippen LogP) is 5.75. The number of nitrogens with one attached hydrogen (secondary N) is 1. The van der Waals surface area contributed by atoms with Gasteiger partial charge in [-0.15, -0.1) is 0 Å². The molecule has 0 amide bonds. The summed E-state index contributed by atoms with van der Waals surface area (Å²) in [5.41, 5.74) is 5.81. The molecule has 5 heteroatoms. The fourth-order valence-corrected chi connectivity index (χ4v) is 3.72. The average molecular weight is 405 g/mol. The number of aryl methyl sites for hydroxylation is 1. The number of benzene rings is 3. The van der Waals surface area contributed by atoms with Crippen molar-refractivity contribution in [1.29, 1.82) is 5.26 Å². The predicted molar refractivity (Wildman–Crippen MR) is 121 cm³/mol. The van der Waals surface area contributed by atoms with E-state index in [0.29, 0.717) is 22.9 Å². The van der Waals surface area contributed by atoms with Crippen LogP contribution >= 0.6 is 0 Å². The first-order chi connectivity index (χ1) is 15.2. The number of para-hydroxylation sites is 2. The molecule has 4 aromatic rings. The van der Waals surface area contributed by atoms with Crippen LogP contribution in [0.3, 0.4) is 0 Å². The monoisotopic (exact) mass is 405 g/mol. The van der Waals surface area contributed by atoms with Gasteiger partial charge in [-0.3, -0.25) is 0 Å². The fourth-order valence-electron chi connectivity index (χ4n) is 3.72. The second kappa shape index (κ2) is 7.51. The standard InChI is InChI=1S/C26H19N3O2/c1-16-7-12-24-20(13-16)19(14-25(31-24)17-8-10-18(30-2)11-9-17)21(15-27)26-28-22-5-3-4-6-23(22)29-26/h3-14H,1-2H3,(H,28,29)/b21-19-. The zero-order valence-corrected chi connectivity index (χ0v) is 17.1. The largest absolute Gasteiger partial charge is 0.497 e. The van der Waals surface area contributed by atoms with E-state index in [-0.39, 0.29) is 0 Å². The number of fused-ring (bicyclic) bond motifs is 2. The van der Waals surface area contributed by atoms with E-state index in [0.717, 1.165) is 39.0 Å². The van der Waals surface area contributed by atoms with Crippen LogP contribution < -0.4 is 9.47 Å². The molecule has 5 nitrogen and oxygen atoms in total. The molecule has 5 rings (SSSR count). The smallest absolute Gasteiger partial charge is 0.149 e. The molecule has 1 aliphatic heterocycles. The molecule has 0 spiro atoms. The normalized spacial score (nSPS) is 14.3. The van der Waals surface area contributed by atoms with Crippen molar-refractivity contribution in [2.75, 3.05) is 7.11 Å². The van der Waals surface area contributed by atoms with E-state index in [2.05, 4.69) is 16.0 Å². The van der Waals surface area contributed by atoms with Gasteiger partial charge in [-0.05, 0) is 61.5 Å². The van der Waals surface area contributed by atoms with Gasteiger partial charge in [0.15, 0.2) is 0 Å². The van der Waals surface area contributed by atoms with Crippen molar-refractivity contribution < 1.29 is 9.47 Å². The summed E-state index contributed by atoms with van der Waals surface area (Å²) in [6.07, 6.45) is 1.91. The highest BCUT2D eigenvalue weighted by Gasteiger charge is 2.23. The van der Waals surface area contributed by atoms with E-state index in [4.69, 9.17) is 9.47 Å². The Hall–Kier alpha value is -4.30. The first-order valence-corrected chi connectivity index (χ1v) is 9.91. The van der Waals surface area contributed by atoms with Gasteiger partial charge < -0.3 is 14.5 Å². The second-order valence-electron chi connectivity index (χ2n) is 7.34. The summed E-state index contributed by atoms with van der Waals surface area (Å²) in [6.45, 7) is 2.02. The van der Waals surface area contributed by atoms with Crippen LogP contribution in [-0.2, 0) is 0 Å². The molecule has 0 fully saturated rings. The number of aromatic amines is 1. The van der Waals surface area contributed by atoms with E-state index in [9.17, 15) is 5.26 Å². The zero-order chi connectivity index (χ0) is 21.4. The SMILES string of the molecule is COc1ccc(C2=C/C(=C(\C#N)c3nc4ccccc4[nH]3)c3cc(C)ccc3O2)cc1. The summed E-state index contributed by atoms with van der Waals surface area (Å²) >= 11 is 0. The number of H-pyrrole nitrogens is 1. The van der Waals surface area contributed by atoms with Crippen LogP contribution in [0.5, 0.6) is 11.5 Å². The van der Waals surface area contributed by atoms with Crippen molar-refractivity contribution >= 4 is 27.9 Å². The van der Waals surface area contributed by atoms with Gasteiger partial charge in [-0.1, -0.05) is 23.8 Å². The number of methoxy groups -OCH3 is 1. The number of aromatic nitrogens is 2. The van der Waals surface area contributed by atoms with E-state index in [1.165, 1.54) is 0 Å². The van der Waals surface area contributed by atoms with Gasteiger partial charge in [0.05, 0.1) is 18.1 Å². The van der Waals surface area contributed by atoms with Gasteiger partial charge in [0.25, 0.3) is 0 Å². The highest BCUT2D eigenvalue weighted by atomic mass is 16.5. The molecular formula is C26H19N3O2. The van der Waals surface area contributed by atoms with Crippen molar-refractivity contribution in [3.63, 3.8) is 0 Å². The van der Waals surface area contributed by atoms with Crippen molar-refractivity contribution in [2.45, 2.75) is 6.92 Å². The minimum Gasteiger partial charge on any atom is -0.497 e. The van der Waals surface area contributed by atoms with Crippen LogP contribution in [0, 0.1) is 18.3 Å². The van der Waals surface area contributed by atoms with Crippen molar-refractivity contribution in [3.8, 4) is 17.6 Å². The van der Waals surface area contributed by atoms with E-state index in [1.807, 2.05) is 79.7 Å². The average Bonchev–Trinajstić information content (AvgIpc) is 3.23. The molecule has 1 aromatic heterocycles. The second-order valence-corrected chi connectivity index (χ2v) is 7.34. The molecule has 0 radical (unpaired) electrons. The van der Waals surface area contributed by atoms with Crippen LogP contribution in [0.4, 0.5) is 0 Å². The van der Waals surface area contributed by atoms with Gasteiger partial charge in [0.1, 0.15) is 34.7 Å². The van der Waals surface area contributed by atoms with Crippen molar-refractivity contribution in [1.82, 2.24) is 9.97 Å². The molecule has 0 saturated heterocycles. The van der Waals surface area contributed by atoms with Gasteiger partial charge in [-0.25, -0.2) is 4.98 Å². The van der Waals surface area contributed by atoms with Crippen LogP contribution in [0.2, 0.25) is 0 Å². The minimum atomic E-state index is 0.470. The van der Waals surface area contributed by atoms with Crippen LogP contribution in [0.15, 0.2) is 72.8 Å². The lowest BCUT2D eigenvalue weighted by Crippen LogP contribution is -2.05. The topological polar surface area (TPSA) is 70.9 Å². The molecule has 31 heavy (non-hydrogen) atoms. The Kier molecular flexibility index (Phi) is 4.53. The van der Waals surface area contributed by atoms with Crippen LogP contribution in [0.25, 0.3) is 27.9 Å². The molecule has 2 heterocycles. The number of imidazole rings is 1. The Morgan fingerprint density at radius 2 is 1.87 bits per heavy atom. The summed E-state index contributed by atoms with van der Waals surface area (Å²) in [7, 11) is 1.64. The number of hydrogen-bond donors (Lipinski definition) is 1. The molecule has 0 aliphatic carbocycles. The third-order valence-corrected chi connectivity index (χ3v) is 5.30. The highest BCUT2D eigenvalue weighted by molar-refractivity contribution is 6.05. The summed E-state index contributed by atoms with van der Waals surface area (Å²) < 4.78 is 11.5. The lowest BCUT2D eigenvalue weighted by atomic mass is 9.94. The Balaban J connectivity index is 1.73. The summed E-state index contributed by atoms with van der Waals surface area (Å²) in [4.78, 5) is 7.93. The first-order valence-electron chi connectivity index (χ1n) is 9.91. The third kappa shape index (κ3) is 3.34. The van der Waals surface area contributed by atoms with E-state index in [1.54, 1.807) is 7.11 Å². The maximum atomic E-state index is 10.1. The van der Waals surface area contributed by atoms with Gasteiger partial charge >= 0.3 is 0 Å². The Labute approximate surface area is 179 Å². The third-order valence-electron chi connectivity index (χ3n) is 5.30. The number of rotatable bonds is 3. The highest BCUT2D eigenvalue weighted by Crippen LogP contribution is 2.41. The Morgan fingerprint density at radius 3 is 2.61 bits per heavy atom. The number of nitrogens with zero attached hydrogens (tertiary/aromatic N) is 2. The van der Waals surface area contributed by atoms with Crippen molar-refractivity contribution in [3.05, 3.63) is 95.3 Å². The Morgan fingerprint density at radius 1 is 1.06 bits per heavy atom. The molecule has 0 bridgehead atoms. The van der Waals surface area contributed by atoms with Crippen LogP contribution in [-0.4, -0.2) is 17.1 Å². The first kappa shape index (κ1) is 18.7. The molecule has 1 aliphatic rings. The molecule has 0 unspecified atom stereocenters.